The highest BCUT2D eigenvalue weighted by molar-refractivity contribution is 5.94. The molecule has 0 radical (unpaired) electrons. The average Bonchev–Trinajstić information content (AvgIpc) is 3.44. The fourth-order valence-electron chi connectivity index (χ4n) is 4.73. The molecule has 37 heavy (non-hydrogen) atoms. The topological polar surface area (TPSA) is 80.9 Å². The zero-order valence-electron chi connectivity index (χ0n) is 20.7. The van der Waals surface area contributed by atoms with Crippen LogP contribution in [0.2, 0.25) is 0 Å². The van der Waals surface area contributed by atoms with Gasteiger partial charge in [0.05, 0.1) is 0 Å². The summed E-state index contributed by atoms with van der Waals surface area (Å²) in [5.41, 5.74) is 4.64. The molecule has 0 bridgehead atoms. The van der Waals surface area contributed by atoms with E-state index in [0.29, 0.717) is 43.6 Å². The molecule has 0 atom stereocenters. The van der Waals surface area contributed by atoms with Crippen molar-refractivity contribution in [2.75, 3.05) is 39.4 Å². The van der Waals surface area contributed by atoms with Crippen LogP contribution >= 0.6 is 0 Å². The number of piperazine rings is 1. The molecule has 188 valence electrons. The average molecular weight is 497 g/mol. The van der Waals surface area contributed by atoms with E-state index in [-0.39, 0.29) is 5.91 Å². The van der Waals surface area contributed by atoms with Crippen molar-refractivity contribution in [3.63, 3.8) is 0 Å². The molecule has 1 fully saturated rings. The van der Waals surface area contributed by atoms with Crippen LogP contribution in [0.3, 0.4) is 0 Å². The molecular formula is C29H28N4O4. The molecule has 4 aromatic rings. The van der Waals surface area contributed by atoms with Crippen molar-refractivity contribution in [3.05, 3.63) is 83.4 Å². The number of nitrogens with zero attached hydrogens (tertiary/aromatic N) is 4. The first kappa shape index (κ1) is 23.2. The van der Waals surface area contributed by atoms with Gasteiger partial charge in [-0.15, -0.1) is 10.2 Å². The molecule has 1 amide bonds. The van der Waals surface area contributed by atoms with Crippen molar-refractivity contribution in [1.82, 2.24) is 20.0 Å². The highest BCUT2D eigenvalue weighted by atomic mass is 16.6. The lowest BCUT2D eigenvalue weighted by Crippen LogP contribution is -2.48. The van der Waals surface area contributed by atoms with Crippen molar-refractivity contribution in [2.24, 2.45) is 0 Å². The summed E-state index contributed by atoms with van der Waals surface area (Å²) in [5, 5.41) is 8.37. The van der Waals surface area contributed by atoms with Gasteiger partial charge in [-0.1, -0.05) is 23.8 Å². The smallest absolute Gasteiger partial charge is 0.253 e. The summed E-state index contributed by atoms with van der Waals surface area (Å²) in [5.74, 6) is 2.57. The molecule has 0 unspecified atom stereocenters. The molecule has 0 N–H and O–H groups in total. The minimum atomic E-state index is 0.0384. The number of fused-ring (bicyclic) bond motifs is 1. The summed E-state index contributed by atoms with van der Waals surface area (Å²) in [6.45, 7) is 7.05. The van der Waals surface area contributed by atoms with E-state index in [1.807, 2.05) is 66.4 Å². The molecule has 0 spiro atoms. The fraction of sp³-hybridized carbons (Fsp3) is 0.276. The number of aryl methyl sites for hydroxylation is 1. The molecule has 0 aliphatic carbocycles. The quantitative estimate of drug-likeness (QED) is 0.404. The van der Waals surface area contributed by atoms with Gasteiger partial charge in [-0.3, -0.25) is 9.69 Å². The van der Waals surface area contributed by atoms with Crippen LogP contribution in [0.15, 0.2) is 71.1 Å². The minimum Gasteiger partial charge on any atom is -0.486 e. The Balaban J connectivity index is 1.05. The molecule has 1 aromatic heterocycles. The first-order chi connectivity index (χ1) is 18.1. The Bertz CT molecular complexity index is 1410. The Kier molecular flexibility index (Phi) is 6.32. The van der Waals surface area contributed by atoms with E-state index in [2.05, 4.69) is 27.2 Å². The third kappa shape index (κ3) is 5.06. The molecule has 8 nitrogen and oxygen atoms in total. The van der Waals surface area contributed by atoms with Gasteiger partial charge in [0.15, 0.2) is 11.5 Å². The number of carbonyl (C=O) groups excluding carboxylic acids is 1. The monoisotopic (exact) mass is 496 g/mol. The van der Waals surface area contributed by atoms with Crippen LogP contribution in [-0.2, 0) is 6.54 Å². The third-order valence-corrected chi connectivity index (χ3v) is 6.74. The zero-order valence-corrected chi connectivity index (χ0v) is 20.7. The van der Waals surface area contributed by atoms with Crippen LogP contribution in [0.1, 0.15) is 21.5 Å². The third-order valence-electron chi connectivity index (χ3n) is 6.74. The predicted molar refractivity (Wildman–Crippen MR) is 139 cm³/mol. The van der Waals surface area contributed by atoms with Crippen LogP contribution in [-0.4, -0.2) is 65.3 Å². The lowest BCUT2D eigenvalue weighted by Gasteiger charge is -2.35. The van der Waals surface area contributed by atoms with Gasteiger partial charge in [-0.25, -0.2) is 0 Å². The molecule has 2 aliphatic rings. The summed E-state index contributed by atoms with van der Waals surface area (Å²) in [6.07, 6.45) is 0. The lowest BCUT2D eigenvalue weighted by molar-refractivity contribution is 0.0628. The zero-order chi connectivity index (χ0) is 25.2. The number of aromatic nitrogens is 2. The Hall–Kier alpha value is -4.17. The highest BCUT2D eigenvalue weighted by Crippen LogP contribution is 2.31. The molecule has 6 rings (SSSR count). The van der Waals surface area contributed by atoms with E-state index in [9.17, 15) is 4.79 Å². The van der Waals surface area contributed by atoms with Gasteiger partial charge in [0.25, 0.3) is 5.91 Å². The van der Waals surface area contributed by atoms with Crippen molar-refractivity contribution in [2.45, 2.75) is 13.5 Å². The van der Waals surface area contributed by atoms with Crippen molar-refractivity contribution in [1.29, 1.82) is 0 Å². The van der Waals surface area contributed by atoms with Crippen LogP contribution in [0.4, 0.5) is 0 Å². The first-order valence-corrected chi connectivity index (χ1v) is 12.5. The number of rotatable bonds is 5. The molecule has 1 saturated heterocycles. The lowest BCUT2D eigenvalue weighted by atomic mass is 10.1. The van der Waals surface area contributed by atoms with Crippen molar-refractivity contribution >= 4 is 5.91 Å². The van der Waals surface area contributed by atoms with Gasteiger partial charge in [0, 0.05) is 49.4 Å². The maximum atomic E-state index is 13.1. The second-order valence-electron chi connectivity index (χ2n) is 9.41. The van der Waals surface area contributed by atoms with Crippen molar-refractivity contribution in [3.8, 4) is 34.4 Å². The van der Waals surface area contributed by atoms with Crippen LogP contribution in [0.25, 0.3) is 22.9 Å². The van der Waals surface area contributed by atoms with Gasteiger partial charge in [-0.05, 0) is 61.0 Å². The van der Waals surface area contributed by atoms with Gasteiger partial charge in [-0.2, -0.15) is 0 Å². The number of hydrogen-bond donors (Lipinski definition) is 0. The largest absolute Gasteiger partial charge is 0.486 e. The minimum absolute atomic E-state index is 0.0384. The van der Waals surface area contributed by atoms with Gasteiger partial charge < -0.3 is 18.8 Å². The SMILES string of the molecule is Cc1cccc(-c2nnc(-c3ccc(C(=O)N4CCN(Cc5ccc6c(c5)OCCO6)CC4)cc3)o2)c1. The molecule has 2 aliphatic heterocycles. The number of ether oxygens (including phenoxy) is 2. The maximum absolute atomic E-state index is 13.1. The molecule has 0 saturated carbocycles. The Morgan fingerprint density at radius 2 is 1.54 bits per heavy atom. The molecule has 3 heterocycles. The molecule has 8 heteroatoms. The summed E-state index contributed by atoms with van der Waals surface area (Å²) in [7, 11) is 0. The Morgan fingerprint density at radius 3 is 2.30 bits per heavy atom. The number of hydrogen-bond acceptors (Lipinski definition) is 7. The van der Waals surface area contributed by atoms with Crippen LogP contribution in [0, 0.1) is 6.92 Å². The highest BCUT2D eigenvalue weighted by Gasteiger charge is 2.23. The maximum Gasteiger partial charge on any atom is 0.253 e. The normalized spacial score (nSPS) is 15.5. The van der Waals surface area contributed by atoms with E-state index in [4.69, 9.17) is 13.9 Å². The standard InChI is InChI=1S/C29H28N4O4/c1-20-3-2-4-24(17-20)28-31-30-27(37-28)22-6-8-23(9-7-22)29(34)33-13-11-32(12-14-33)19-21-5-10-25-26(18-21)36-16-15-35-25/h2-10,17-18H,11-16,19H2,1H3. The fourth-order valence-corrected chi connectivity index (χ4v) is 4.73. The van der Waals surface area contributed by atoms with E-state index in [1.165, 1.54) is 5.56 Å². The number of amides is 1. The van der Waals surface area contributed by atoms with Gasteiger partial charge >= 0.3 is 0 Å². The summed E-state index contributed by atoms with van der Waals surface area (Å²) >= 11 is 0. The Morgan fingerprint density at radius 1 is 0.811 bits per heavy atom. The summed E-state index contributed by atoms with van der Waals surface area (Å²) in [4.78, 5) is 17.4. The van der Waals surface area contributed by atoms with Crippen LogP contribution in [0.5, 0.6) is 11.5 Å². The number of carbonyl (C=O) groups is 1. The van der Waals surface area contributed by atoms with Crippen molar-refractivity contribution < 1.29 is 18.7 Å². The van der Waals surface area contributed by atoms with Gasteiger partial charge in [0.2, 0.25) is 11.8 Å². The summed E-state index contributed by atoms with van der Waals surface area (Å²) < 4.78 is 17.2. The van der Waals surface area contributed by atoms with E-state index < -0.39 is 0 Å². The van der Waals surface area contributed by atoms with E-state index >= 15 is 0 Å². The second-order valence-corrected chi connectivity index (χ2v) is 9.41. The Labute approximate surface area is 215 Å². The molecular weight excluding hydrogens is 468 g/mol. The van der Waals surface area contributed by atoms with Gasteiger partial charge in [0.1, 0.15) is 13.2 Å². The predicted octanol–water partition coefficient (Wildman–Crippen LogP) is 4.44. The summed E-state index contributed by atoms with van der Waals surface area (Å²) in [6, 6.07) is 21.4. The first-order valence-electron chi connectivity index (χ1n) is 12.5. The van der Waals surface area contributed by atoms with E-state index in [0.717, 1.165) is 47.8 Å². The van der Waals surface area contributed by atoms with E-state index in [1.54, 1.807) is 0 Å². The molecule has 3 aromatic carbocycles. The number of benzene rings is 3. The van der Waals surface area contributed by atoms with Crippen LogP contribution < -0.4 is 9.47 Å². The second kappa shape index (κ2) is 10.1.